The van der Waals surface area contributed by atoms with Crippen LogP contribution >= 0.6 is 15.9 Å². The highest BCUT2D eigenvalue weighted by atomic mass is 79.9. The Morgan fingerprint density at radius 2 is 2.14 bits per heavy atom. The molecular formula is C12H24BrN. The summed E-state index contributed by atoms with van der Waals surface area (Å²) < 4.78 is 0. The summed E-state index contributed by atoms with van der Waals surface area (Å²) in [5.41, 5.74) is 0.559. The monoisotopic (exact) mass is 261 g/mol. The second-order valence-electron chi connectivity index (χ2n) is 5.46. The van der Waals surface area contributed by atoms with Crippen LogP contribution in [0.25, 0.3) is 0 Å². The van der Waals surface area contributed by atoms with Crippen LogP contribution in [-0.2, 0) is 0 Å². The van der Waals surface area contributed by atoms with Crippen LogP contribution in [0.3, 0.4) is 0 Å². The summed E-state index contributed by atoms with van der Waals surface area (Å²) in [7, 11) is 0. The Morgan fingerprint density at radius 1 is 1.43 bits per heavy atom. The molecule has 1 nitrogen and oxygen atoms in total. The molecule has 84 valence electrons. The fraction of sp³-hybridized carbons (Fsp3) is 1.00. The minimum atomic E-state index is 0.559. The number of hydrogen-bond acceptors (Lipinski definition) is 1. The van der Waals surface area contributed by atoms with E-state index < -0.39 is 0 Å². The number of rotatable bonds is 5. The lowest BCUT2D eigenvalue weighted by molar-refractivity contribution is 0.253. The van der Waals surface area contributed by atoms with Crippen molar-refractivity contribution in [2.24, 2.45) is 11.3 Å². The highest BCUT2D eigenvalue weighted by molar-refractivity contribution is 9.09. The molecule has 0 aromatic rings. The van der Waals surface area contributed by atoms with Crippen LogP contribution in [0, 0.1) is 11.3 Å². The lowest BCUT2D eigenvalue weighted by atomic mass is 9.93. The number of halogens is 1. The summed E-state index contributed by atoms with van der Waals surface area (Å²) in [5.74, 6) is 0.855. The van der Waals surface area contributed by atoms with E-state index in [0.717, 1.165) is 11.2 Å². The molecule has 0 radical (unpaired) electrons. The van der Waals surface area contributed by atoms with Gasteiger partial charge in [-0.3, -0.25) is 0 Å². The Balaban J connectivity index is 2.30. The molecular weight excluding hydrogens is 238 g/mol. The predicted octanol–water partition coefficient (Wildman–Crippen LogP) is 3.53. The van der Waals surface area contributed by atoms with E-state index in [4.69, 9.17) is 0 Å². The highest BCUT2D eigenvalue weighted by Gasteiger charge is 2.29. The van der Waals surface area contributed by atoms with E-state index in [1.54, 1.807) is 0 Å². The zero-order chi connectivity index (χ0) is 10.6. The molecule has 0 aromatic heterocycles. The third-order valence-corrected chi connectivity index (χ3v) is 4.10. The quantitative estimate of drug-likeness (QED) is 0.685. The van der Waals surface area contributed by atoms with Gasteiger partial charge >= 0.3 is 0 Å². The molecule has 14 heavy (non-hydrogen) atoms. The van der Waals surface area contributed by atoms with Crippen molar-refractivity contribution in [3.8, 4) is 0 Å². The standard InChI is InChI=1S/C12H24BrN/c1-4-5-11(8-13)9-14-7-6-12(2,3)10-14/h11H,4-10H2,1-3H3. The van der Waals surface area contributed by atoms with Crippen LogP contribution in [0.1, 0.15) is 40.0 Å². The summed E-state index contributed by atoms with van der Waals surface area (Å²) >= 11 is 3.63. The summed E-state index contributed by atoms with van der Waals surface area (Å²) in [6.07, 6.45) is 4.05. The smallest absolute Gasteiger partial charge is 0.00718 e. The SMILES string of the molecule is CCCC(CBr)CN1CCC(C)(C)C1. The van der Waals surface area contributed by atoms with Crippen molar-refractivity contribution < 1.29 is 0 Å². The van der Waals surface area contributed by atoms with Crippen LogP contribution in [0.15, 0.2) is 0 Å². The van der Waals surface area contributed by atoms with Gasteiger partial charge in [0.15, 0.2) is 0 Å². The molecule has 0 aromatic carbocycles. The molecule has 0 N–H and O–H groups in total. The van der Waals surface area contributed by atoms with Crippen molar-refractivity contribution in [2.75, 3.05) is 25.0 Å². The molecule has 0 bridgehead atoms. The Hall–Kier alpha value is 0.440. The van der Waals surface area contributed by atoms with Gasteiger partial charge in [0, 0.05) is 18.4 Å². The summed E-state index contributed by atoms with van der Waals surface area (Å²) in [4.78, 5) is 2.64. The maximum Gasteiger partial charge on any atom is 0.00718 e. The molecule has 0 saturated carbocycles. The highest BCUT2D eigenvalue weighted by Crippen LogP contribution is 2.29. The fourth-order valence-electron chi connectivity index (χ4n) is 2.37. The van der Waals surface area contributed by atoms with E-state index in [1.807, 2.05) is 0 Å². The first-order valence-electron chi connectivity index (χ1n) is 5.85. The van der Waals surface area contributed by atoms with E-state index >= 15 is 0 Å². The molecule has 1 atom stereocenters. The topological polar surface area (TPSA) is 3.24 Å². The number of likely N-dealkylation sites (tertiary alicyclic amines) is 1. The Morgan fingerprint density at radius 3 is 2.57 bits per heavy atom. The zero-order valence-electron chi connectivity index (χ0n) is 9.85. The van der Waals surface area contributed by atoms with Gasteiger partial charge in [0.1, 0.15) is 0 Å². The first-order valence-corrected chi connectivity index (χ1v) is 6.98. The Bertz CT molecular complexity index is 168. The average molecular weight is 262 g/mol. The zero-order valence-corrected chi connectivity index (χ0v) is 11.4. The van der Waals surface area contributed by atoms with Crippen LogP contribution in [0.4, 0.5) is 0 Å². The second kappa shape index (κ2) is 5.50. The van der Waals surface area contributed by atoms with Gasteiger partial charge in [-0.2, -0.15) is 0 Å². The van der Waals surface area contributed by atoms with Crippen LogP contribution in [0.2, 0.25) is 0 Å². The van der Waals surface area contributed by atoms with E-state index in [-0.39, 0.29) is 0 Å². The molecule has 0 amide bonds. The van der Waals surface area contributed by atoms with E-state index in [9.17, 15) is 0 Å². The van der Waals surface area contributed by atoms with Crippen LogP contribution < -0.4 is 0 Å². The van der Waals surface area contributed by atoms with Crippen molar-refractivity contribution >= 4 is 15.9 Å². The maximum atomic E-state index is 3.63. The third-order valence-electron chi connectivity index (χ3n) is 3.19. The van der Waals surface area contributed by atoms with Gasteiger partial charge in [-0.15, -0.1) is 0 Å². The second-order valence-corrected chi connectivity index (χ2v) is 6.11. The van der Waals surface area contributed by atoms with Gasteiger partial charge in [0.25, 0.3) is 0 Å². The molecule has 1 fully saturated rings. The largest absolute Gasteiger partial charge is 0.302 e. The summed E-state index contributed by atoms with van der Waals surface area (Å²) in [6.45, 7) is 10.9. The Labute approximate surface area is 97.4 Å². The van der Waals surface area contributed by atoms with Crippen molar-refractivity contribution in [3.63, 3.8) is 0 Å². The third kappa shape index (κ3) is 3.90. The molecule has 0 aliphatic carbocycles. The molecule has 0 spiro atoms. The molecule has 1 heterocycles. The molecule has 1 unspecified atom stereocenters. The van der Waals surface area contributed by atoms with Gasteiger partial charge in [-0.25, -0.2) is 0 Å². The van der Waals surface area contributed by atoms with Crippen molar-refractivity contribution in [1.82, 2.24) is 4.90 Å². The normalized spacial score (nSPS) is 24.0. The fourth-order valence-corrected chi connectivity index (χ4v) is 2.90. The molecule has 1 aliphatic heterocycles. The van der Waals surface area contributed by atoms with E-state index in [0.29, 0.717) is 5.41 Å². The first kappa shape index (κ1) is 12.5. The molecule has 1 rings (SSSR count). The first-order chi connectivity index (χ1) is 6.57. The minimum absolute atomic E-state index is 0.559. The minimum Gasteiger partial charge on any atom is -0.302 e. The van der Waals surface area contributed by atoms with Crippen LogP contribution in [-0.4, -0.2) is 29.9 Å². The summed E-state index contributed by atoms with van der Waals surface area (Å²) in [6, 6.07) is 0. The maximum absolute atomic E-state index is 3.63. The predicted molar refractivity (Wildman–Crippen MR) is 67.0 cm³/mol. The van der Waals surface area contributed by atoms with Gasteiger partial charge in [-0.1, -0.05) is 43.1 Å². The van der Waals surface area contributed by atoms with Gasteiger partial charge in [0.2, 0.25) is 0 Å². The van der Waals surface area contributed by atoms with E-state index in [2.05, 4.69) is 41.6 Å². The number of nitrogens with zero attached hydrogens (tertiary/aromatic N) is 1. The van der Waals surface area contributed by atoms with Gasteiger partial charge in [0.05, 0.1) is 0 Å². The van der Waals surface area contributed by atoms with Crippen molar-refractivity contribution in [2.45, 2.75) is 40.0 Å². The van der Waals surface area contributed by atoms with Gasteiger partial charge < -0.3 is 4.90 Å². The number of alkyl halides is 1. The molecule has 2 heteroatoms. The van der Waals surface area contributed by atoms with Crippen LogP contribution in [0.5, 0.6) is 0 Å². The Kier molecular flexibility index (Phi) is 4.92. The number of hydrogen-bond donors (Lipinski definition) is 0. The van der Waals surface area contributed by atoms with Crippen molar-refractivity contribution in [3.05, 3.63) is 0 Å². The average Bonchev–Trinajstić information content (AvgIpc) is 2.45. The molecule has 1 aliphatic rings. The van der Waals surface area contributed by atoms with Crippen molar-refractivity contribution in [1.29, 1.82) is 0 Å². The van der Waals surface area contributed by atoms with Gasteiger partial charge in [-0.05, 0) is 30.7 Å². The molecule has 1 saturated heterocycles. The lowest BCUT2D eigenvalue weighted by Crippen LogP contribution is -2.29. The summed E-state index contributed by atoms with van der Waals surface area (Å²) in [5, 5.41) is 1.16. The lowest BCUT2D eigenvalue weighted by Gasteiger charge is -2.23. The van der Waals surface area contributed by atoms with E-state index in [1.165, 1.54) is 38.9 Å².